The number of carbonyl (C=O) groups excluding carboxylic acids is 2. The first-order valence-electron chi connectivity index (χ1n) is 8.59. The van der Waals surface area contributed by atoms with Crippen molar-refractivity contribution in [1.82, 2.24) is 15.5 Å². The average molecular weight is 332 g/mol. The van der Waals surface area contributed by atoms with E-state index in [1.54, 1.807) is 14.1 Å². The van der Waals surface area contributed by atoms with Crippen LogP contribution in [0, 0.1) is 5.92 Å². The van der Waals surface area contributed by atoms with Gasteiger partial charge in [0.25, 0.3) is 0 Å². The lowest BCUT2D eigenvalue weighted by Crippen LogP contribution is -2.29. The first kappa shape index (κ1) is 18.3. The monoisotopic (exact) mass is 332 g/mol. The molecule has 1 saturated heterocycles. The van der Waals surface area contributed by atoms with Crippen molar-refractivity contribution in [2.75, 3.05) is 32.5 Å². The largest absolute Gasteiger partial charge is 0.352 e. The number of carbonyl (C=O) groups is 2. The highest BCUT2D eigenvalue weighted by molar-refractivity contribution is 5.89. The Morgan fingerprint density at radius 2 is 2.00 bits per heavy atom. The summed E-state index contributed by atoms with van der Waals surface area (Å²) >= 11 is 0. The van der Waals surface area contributed by atoms with Gasteiger partial charge in [0, 0.05) is 32.7 Å². The maximum absolute atomic E-state index is 12.0. The molecule has 0 spiro atoms. The van der Waals surface area contributed by atoms with E-state index in [1.807, 2.05) is 24.3 Å². The lowest BCUT2D eigenvalue weighted by Gasteiger charge is -2.22. The van der Waals surface area contributed by atoms with Crippen LogP contribution in [0.4, 0.5) is 10.5 Å². The molecule has 1 aromatic rings. The van der Waals surface area contributed by atoms with Gasteiger partial charge in [-0.15, -0.1) is 0 Å². The molecule has 1 aromatic carbocycles. The van der Waals surface area contributed by atoms with Crippen molar-refractivity contribution in [2.45, 2.75) is 32.2 Å². The molecule has 132 valence electrons. The summed E-state index contributed by atoms with van der Waals surface area (Å²) in [7, 11) is 3.39. The maximum Gasteiger partial charge on any atom is 0.321 e. The lowest BCUT2D eigenvalue weighted by atomic mass is 9.93. The van der Waals surface area contributed by atoms with Crippen molar-refractivity contribution in [1.29, 1.82) is 0 Å². The molecule has 0 bridgehead atoms. The van der Waals surface area contributed by atoms with Crippen molar-refractivity contribution in [3.8, 4) is 0 Å². The van der Waals surface area contributed by atoms with Gasteiger partial charge in [-0.05, 0) is 56.0 Å². The van der Waals surface area contributed by atoms with Gasteiger partial charge in [-0.3, -0.25) is 4.79 Å². The number of hydrogen-bond acceptors (Lipinski definition) is 3. The molecule has 3 N–H and O–H groups in total. The molecule has 1 heterocycles. The van der Waals surface area contributed by atoms with Crippen LogP contribution in [0.1, 0.15) is 31.2 Å². The Bertz CT molecular complexity index is 554. The molecule has 6 nitrogen and oxygen atoms in total. The fourth-order valence-electron chi connectivity index (χ4n) is 2.79. The van der Waals surface area contributed by atoms with Gasteiger partial charge in [-0.2, -0.15) is 0 Å². The molecule has 0 saturated carbocycles. The minimum atomic E-state index is -0.168. The van der Waals surface area contributed by atoms with Crippen molar-refractivity contribution in [2.24, 2.45) is 5.92 Å². The zero-order valence-electron chi connectivity index (χ0n) is 14.6. The Labute approximate surface area is 144 Å². The van der Waals surface area contributed by atoms with Gasteiger partial charge >= 0.3 is 6.03 Å². The number of anilines is 1. The smallest absolute Gasteiger partial charge is 0.321 e. The SMILES string of the molecule is CN(C)C(=O)Nc1cccc(CNC(=O)CCC2CCNCC2)c1. The number of urea groups is 1. The Kier molecular flexibility index (Phi) is 7.06. The van der Waals surface area contributed by atoms with Crippen LogP contribution in [0.25, 0.3) is 0 Å². The predicted octanol–water partition coefficient (Wildman–Crippen LogP) is 2.18. The van der Waals surface area contributed by atoms with E-state index >= 15 is 0 Å². The van der Waals surface area contributed by atoms with Gasteiger partial charge in [-0.25, -0.2) is 4.79 Å². The zero-order chi connectivity index (χ0) is 17.4. The summed E-state index contributed by atoms with van der Waals surface area (Å²) < 4.78 is 0. The zero-order valence-corrected chi connectivity index (χ0v) is 14.6. The molecule has 0 aliphatic carbocycles. The highest BCUT2D eigenvalue weighted by Crippen LogP contribution is 2.17. The summed E-state index contributed by atoms with van der Waals surface area (Å²) in [6.07, 6.45) is 3.88. The number of nitrogens with zero attached hydrogens (tertiary/aromatic N) is 1. The molecule has 24 heavy (non-hydrogen) atoms. The second-order valence-corrected chi connectivity index (χ2v) is 6.53. The fraction of sp³-hybridized carbons (Fsp3) is 0.556. The maximum atomic E-state index is 12.0. The van der Waals surface area contributed by atoms with Gasteiger partial charge < -0.3 is 20.9 Å². The van der Waals surface area contributed by atoms with E-state index in [-0.39, 0.29) is 11.9 Å². The molecule has 0 radical (unpaired) electrons. The number of rotatable bonds is 6. The fourth-order valence-corrected chi connectivity index (χ4v) is 2.79. The van der Waals surface area contributed by atoms with Crippen molar-refractivity contribution in [3.63, 3.8) is 0 Å². The van der Waals surface area contributed by atoms with Gasteiger partial charge in [0.2, 0.25) is 5.91 Å². The summed E-state index contributed by atoms with van der Waals surface area (Å²) in [4.78, 5) is 25.2. The number of benzene rings is 1. The minimum Gasteiger partial charge on any atom is -0.352 e. The van der Waals surface area contributed by atoms with Crippen molar-refractivity contribution in [3.05, 3.63) is 29.8 Å². The molecule has 3 amide bonds. The van der Waals surface area contributed by atoms with Crippen LogP contribution in [0.15, 0.2) is 24.3 Å². The summed E-state index contributed by atoms with van der Waals surface area (Å²) in [5.41, 5.74) is 1.71. The third-order valence-corrected chi connectivity index (χ3v) is 4.31. The molecular weight excluding hydrogens is 304 g/mol. The highest BCUT2D eigenvalue weighted by Gasteiger charge is 2.14. The van der Waals surface area contributed by atoms with E-state index < -0.39 is 0 Å². The van der Waals surface area contributed by atoms with Crippen molar-refractivity contribution >= 4 is 17.6 Å². The van der Waals surface area contributed by atoms with E-state index in [0.717, 1.165) is 30.8 Å². The molecule has 6 heteroatoms. The summed E-state index contributed by atoms with van der Waals surface area (Å²) in [5.74, 6) is 0.762. The van der Waals surface area contributed by atoms with Crippen LogP contribution in [-0.2, 0) is 11.3 Å². The second kappa shape index (κ2) is 9.27. The summed E-state index contributed by atoms with van der Waals surface area (Å²) in [6.45, 7) is 2.62. The van der Waals surface area contributed by atoms with Crippen LogP contribution in [0.5, 0.6) is 0 Å². The first-order valence-corrected chi connectivity index (χ1v) is 8.59. The van der Waals surface area contributed by atoms with Gasteiger partial charge in [0.15, 0.2) is 0 Å². The van der Waals surface area contributed by atoms with Gasteiger partial charge in [0.1, 0.15) is 0 Å². The lowest BCUT2D eigenvalue weighted by molar-refractivity contribution is -0.121. The Balaban J connectivity index is 1.74. The van der Waals surface area contributed by atoms with Crippen LogP contribution in [0.3, 0.4) is 0 Å². The van der Waals surface area contributed by atoms with E-state index in [1.165, 1.54) is 17.7 Å². The standard InChI is InChI=1S/C18H28N4O2/c1-22(2)18(24)21-16-5-3-4-15(12-16)13-20-17(23)7-6-14-8-10-19-11-9-14/h3-5,12,14,19H,6-11,13H2,1-2H3,(H,20,23)(H,21,24). The molecule has 0 atom stereocenters. The van der Waals surface area contributed by atoms with Gasteiger partial charge in [-0.1, -0.05) is 12.1 Å². The normalized spacial score (nSPS) is 14.9. The number of piperidine rings is 1. The Morgan fingerprint density at radius 3 is 2.71 bits per heavy atom. The average Bonchev–Trinajstić information content (AvgIpc) is 2.59. The molecule has 1 aliphatic heterocycles. The summed E-state index contributed by atoms with van der Waals surface area (Å²) in [5, 5.41) is 9.11. The van der Waals surface area contributed by atoms with Crippen LogP contribution in [-0.4, -0.2) is 44.0 Å². The second-order valence-electron chi connectivity index (χ2n) is 6.53. The minimum absolute atomic E-state index is 0.0938. The van der Waals surface area contributed by atoms with Crippen LogP contribution in [0.2, 0.25) is 0 Å². The van der Waals surface area contributed by atoms with E-state index in [2.05, 4.69) is 16.0 Å². The molecule has 0 unspecified atom stereocenters. The number of amides is 3. The highest BCUT2D eigenvalue weighted by atomic mass is 16.2. The van der Waals surface area contributed by atoms with E-state index in [9.17, 15) is 9.59 Å². The molecule has 1 aliphatic rings. The number of hydrogen-bond donors (Lipinski definition) is 3. The van der Waals surface area contributed by atoms with Crippen LogP contribution < -0.4 is 16.0 Å². The van der Waals surface area contributed by atoms with Gasteiger partial charge in [0.05, 0.1) is 0 Å². The molecule has 2 rings (SSSR count). The Hall–Kier alpha value is -2.08. The quantitative estimate of drug-likeness (QED) is 0.747. The molecule has 1 fully saturated rings. The Morgan fingerprint density at radius 1 is 1.25 bits per heavy atom. The first-order chi connectivity index (χ1) is 11.5. The third-order valence-electron chi connectivity index (χ3n) is 4.31. The molecule has 0 aromatic heterocycles. The van der Waals surface area contributed by atoms with E-state index in [0.29, 0.717) is 18.9 Å². The predicted molar refractivity (Wildman–Crippen MR) is 95.8 cm³/mol. The summed E-state index contributed by atoms with van der Waals surface area (Å²) in [6, 6.07) is 7.37. The topological polar surface area (TPSA) is 73.5 Å². The van der Waals surface area contributed by atoms with E-state index in [4.69, 9.17) is 0 Å². The third kappa shape index (κ3) is 6.20. The van der Waals surface area contributed by atoms with Crippen LogP contribution >= 0.6 is 0 Å². The van der Waals surface area contributed by atoms with Crippen molar-refractivity contribution < 1.29 is 9.59 Å². The number of nitrogens with one attached hydrogen (secondary N) is 3. The molecular formula is C18H28N4O2.